The monoisotopic (exact) mass is 550 g/mol. The van der Waals surface area contributed by atoms with E-state index in [4.69, 9.17) is 21.1 Å². The molecule has 190 valence electrons. The Labute approximate surface area is 220 Å². The first-order valence-corrected chi connectivity index (χ1v) is 13.3. The third-order valence-corrected chi connectivity index (χ3v) is 7.98. The minimum atomic E-state index is -0.556. The van der Waals surface area contributed by atoms with Gasteiger partial charge < -0.3 is 14.8 Å². The van der Waals surface area contributed by atoms with Gasteiger partial charge in [-0.05, 0) is 49.9 Å². The fourth-order valence-electron chi connectivity index (χ4n) is 3.93. The molecule has 0 radical (unpaired) electrons. The second kappa shape index (κ2) is 11.4. The van der Waals surface area contributed by atoms with Gasteiger partial charge in [-0.3, -0.25) is 9.36 Å². The van der Waals surface area contributed by atoms with E-state index in [9.17, 15) is 14.0 Å². The number of esters is 1. The summed E-state index contributed by atoms with van der Waals surface area (Å²) in [6.45, 7) is 5.95. The lowest BCUT2D eigenvalue weighted by Crippen LogP contribution is -2.17. The van der Waals surface area contributed by atoms with Crippen LogP contribution in [0.25, 0.3) is 0 Å². The number of anilines is 1. The van der Waals surface area contributed by atoms with Crippen molar-refractivity contribution in [2.24, 2.45) is 0 Å². The van der Waals surface area contributed by atoms with E-state index in [0.29, 0.717) is 33.8 Å². The smallest absolute Gasteiger partial charge is 0.341 e. The highest BCUT2D eigenvalue weighted by Gasteiger charge is 2.28. The number of methoxy groups -OCH3 is 1. The average Bonchev–Trinajstić information content (AvgIpc) is 3.54. The van der Waals surface area contributed by atoms with E-state index >= 15 is 0 Å². The van der Waals surface area contributed by atoms with Crippen LogP contribution in [0.3, 0.4) is 0 Å². The number of thioether (sulfide) groups is 1. The van der Waals surface area contributed by atoms with Crippen LogP contribution in [-0.2, 0) is 28.9 Å². The highest BCUT2D eigenvalue weighted by Crippen LogP contribution is 2.39. The fourth-order valence-corrected chi connectivity index (χ4v) is 6.19. The Hall–Kier alpha value is -2.89. The van der Waals surface area contributed by atoms with Crippen molar-refractivity contribution in [2.75, 3.05) is 18.2 Å². The predicted octanol–water partition coefficient (Wildman–Crippen LogP) is 5.46. The normalized spacial score (nSPS) is 13.2. The van der Waals surface area contributed by atoms with Crippen molar-refractivity contribution in [1.82, 2.24) is 14.8 Å². The molecule has 0 aliphatic heterocycles. The largest absolute Gasteiger partial charge is 0.481 e. The maximum Gasteiger partial charge on any atom is 0.341 e. The van der Waals surface area contributed by atoms with Gasteiger partial charge in [0, 0.05) is 11.4 Å². The lowest BCUT2D eigenvalue weighted by atomic mass is 10.1. The Bertz CT molecular complexity index is 1310. The van der Waals surface area contributed by atoms with Gasteiger partial charge in [0.2, 0.25) is 5.91 Å². The van der Waals surface area contributed by atoms with E-state index in [0.717, 1.165) is 29.7 Å². The molecule has 2 aromatic heterocycles. The average molecular weight is 551 g/mol. The number of aromatic nitrogens is 3. The van der Waals surface area contributed by atoms with Crippen LogP contribution < -0.4 is 10.1 Å². The van der Waals surface area contributed by atoms with Crippen LogP contribution in [0.4, 0.5) is 9.39 Å². The molecule has 0 fully saturated rings. The van der Waals surface area contributed by atoms with Gasteiger partial charge in [0.1, 0.15) is 16.6 Å². The summed E-state index contributed by atoms with van der Waals surface area (Å²) in [6, 6.07) is 3.88. The second-order valence-electron chi connectivity index (χ2n) is 7.96. The first-order chi connectivity index (χ1) is 17.3. The van der Waals surface area contributed by atoms with E-state index in [2.05, 4.69) is 22.1 Å². The number of thiophene rings is 1. The third kappa shape index (κ3) is 5.58. The zero-order chi connectivity index (χ0) is 25.8. The first-order valence-electron chi connectivity index (χ1n) is 11.1. The van der Waals surface area contributed by atoms with Gasteiger partial charge in [-0.1, -0.05) is 29.4 Å². The number of nitrogens with one attached hydrogen (secondary N) is 1. The molecule has 1 N–H and O–H groups in total. The minimum Gasteiger partial charge on any atom is -0.481 e. The number of hydrogen-bond donors (Lipinski definition) is 1. The Kier molecular flexibility index (Phi) is 8.32. The van der Waals surface area contributed by atoms with Crippen LogP contribution in [0, 0.1) is 5.82 Å². The summed E-state index contributed by atoms with van der Waals surface area (Å²) in [5.74, 6) is -0.308. The second-order valence-corrected chi connectivity index (χ2v) is 10.4. The predicted molar refractivity (Wildman–Crippen MR) is 138 cm³/mol. The van der Waals surface area contributed by atoms with Gasteiger partial charge in [0.05, 0.1) is 23.4 Å². The number of ether oxygens (including phenoxy) is 2. The Morgan fingerprint density at radius 2 is 2.19 bits per heavy atom. The van der Waals surface area contributed by atoms with Gasteiger partial charge in [-0.15, -0.1) is 28.1 Å². The van der Waals surface area contributed by atoms with Crippen molar-refractivity contribution in [3.05, 3.63) is 63.5 Å². The topological polar surface area (TPSA) is 95.3 Å². The molecule has 12 heteroatoms. The van der Waals surface area contributed by atoms with Crippen LogP contribution in [0.5, 0.6) is 5.75 Å². The summed E-state index contributed by atoms with van der Waals surface area (Å²) in [5.41, 5.74) is 1.43. The van der Waals surface area contributed by atoms with E-state index in [1.54, 1.807) is 17.6 Å². The lowest BCUT2D eigenvalue weighted by molar-refractivity contribution is -0.113. The third-order valence-electron chi connectivity index (χ3n) is 5.51. The quantitative estimate of drug-likeness (QED) is 0.203. The van der Waals surface area contributed by atoms with Crippen molar-refractivity contribution in [3.8, 4) is 5.75 Å². The molecule has 1 unspecified atom stereocenters. The van der Waals surface area contributed by atoms with E-state index < -0.39 is 17.9 Å². The summed E-state index contributed by atoms with van der Waals surface area (Å²) in [4.78, 5) is 26.2. The minimum absolute atomic E-state index is 0.0531. The maximum atomic E-state index is 13.3. The Balaban J connectivity index is 1.45. The molecule has 1 aliphatic rings. The number of carbonyl (C=O) groups is 2. The highest BCUT2D eigenvalue weighted by molar-refractivity contribution is 7.99. The van der Waals surface area contributed by atoms with E-state index in [-0.39, 0.29) is 16.7 Å². The molecule has 0 saturated carbocycles. The molecule has 2 heterocycles. The van der Waals surface area contributed by atoms with Gasteiger partial charge in [0.25, 0.3) is 0 Å². The van der Waals surface area contributed by atoms with E-state index in [1.165, 1.54) is 48.4 Å². The molecule has 1 atom stereocenters. The molecular formula is C24H24ClFN4O4S2. The number of fused-ring (bicyclic) bond motifs is 1. The summed E-state index contributed by atoms with van der Waals surface area (Å²) in [6.07, 6.45) is 3.82. The zero-order valence-electron chi connectivity index (χ0n) is 19.7. The van der Waals surface area contributed by atoms with Crippen molar-refractivity contribution in [3.63, 3.8) is 0 Å². The number of rotatable bonds is 10. The highest BCUT2D eigenvalue weighted by atomic mass is 35.5. The molecule has 0 saturated heterocycles. The fraction of sp³-hybridized carbons (Fsp3) is 0.333. The number of hydrogen-bond acceptors (Lipinski definition) is 8. The zero-order valence-corrected chi connectivity index (χ0v) is 22.1. The molecular weight excluding hydrogens is 527 g/mol. The SMILES string of the molecule is C=CCn1c(SCC(=O)Nc2sc3c(c2C(=O)OC)CCC3)nnc1C(C)Oc1ccc(F)cc1Cl. The van der Waals surface area contributed by atoms with Gasteiger partial charge in [0.15, 0.2) is 17.1 Å². The van der Waals surface area contributed by atoms with Crippen molar-refractivity contribution >= 4 is 51.6 Å². The number of allylic oxidation sites excluding steroid dienone is 1. The Morgan fingerprint density at radius 3 is 2.92 bits per heavy atom. The molecule has 36 heavy (non-hydrogen) atoms. The van der Waals surface area contributed by atoms with Gasteiger partial charge in [-0.2, -0.15) is 0 Å². The molecule has 1 amide bonds. The summed E-state index contributed by atoms with van der Waals surface area (Å²) < 4.78 is 26.0. The van der Waals surface area contributed by atoms with Crippen molar-refractivity contribution in [2.45, 2.75) is 44.0 Å². The van der Waals surface area contributed by atoms with Crippen molar-refractivity contribution in [1.29, 1.82) is 0 Å². The summed E-state index contributed by atoms with van der Waals surface area (Å²) in [5, 5.41) is 12.5. The van der Waals surface area contributed by atoms with Crippen LogP contribution in [0.2, 0.25) is 5.02 Å². The summed E-state index contributed by atoms with van der Waals surface area (Å²) in [7, 11) is 1.33. The molecule has 0 spiro atoms. The number of aryl methyl sites for hydroxylation is 1. The van der Waals surface area contributed by atoms with Crippen LogP contribution in [0.15, 0.2) is 36.0 Å². The number of nitrogens with zero attached hydrogens (tertiary/aromatic N) is 3. The number of carbonyl (C=O) groups excluding carboxylic acids is 2. The summed E-state index contributed by atoms with van der Waals surface area (Å²) >= 11 is 8.71. The number of halogens is 2. The Morgan fingerprint density at radius 1 is 1.39 bits per heavy atom. The molecule has 1 aromatic carbocycles. The van der Waals surface area contributed by atoms with Gasteiger partial charge in [-0.25, -0.2) is 9.18 Å². The standard InChI is InChI=1S/C24H24ClFN4O4S2/c1-4-10-30-21(13(2)34-17-9-8-14(26)11-16(17)25)28-29-24(30)35-12-19(31)27-22-20(23(32)33-3)15-6-5-7-18(15)36-22/h4,8-9,11,13H,1,5-7,10,12H2,2-3H3,(H,27,31). The molecule has 0 bridgehead atoms. The van der Waals surface area contributed by atoms with Crippen molar-refractivity contribution < 1.29 is 23.5 Å². The van der Waals surface area contributed by atoms with E-state index in [1.807, 2.05) is 0 Å². The first kappa shape index (κ1) is 26.2. The molecule has 3 aromatic rings. The molecule has 1 aliphatic carbocycles. The number of benzene rings is 1. The van der Waals surface area contributed by atoms with Crippen LogP contribution in [-0.4, -0.2) is 39.5 Å². The number of amides is 1. The van der Waals surface area contributed by atoms with Crippen LogP contribution in [0.1, 0.15) is 46.1 Å². The molecule has 8 nitrogen and oxygen atoms in total. The van der Waals surface area contributed by atoms with Gasteiger partial charge >= 0.3 is 5.97 Å². The molecule has 4 rings (SSSR count). The lowest BCUT2D eigenvalue weighted by Gasteiger charge is -2.16. The maximum absolute atomic E-state index is 13.3. The van der Waals surface area contributed by atoms with Crippen LogP contribution >= 0.6 is 34.7 Å².